The lowest BCUT2D eigenvalue weighted by Crippen LogP contribution is -1.96. The number of benzene rings is 2. The van der Waals surface area contributed by atoms with Crippen LogP contribution in [-0.2, 0) is 6.42 Å². The molecular weight excluding hydrogens is 273 g/mol. The average Bonchev–Trinajstić information content (AvgIpc) is 2.85. The van der Waals surface area contributed by atoms with Crippen LogP contribution in [0.4, 0.5) is 4.39 Å². The summed E-state index contributed by atoms with van der Waals surface area (Å²) in [6.45, 7) is 6.41. The molecule has 1 heterocycles. The fourth-order valence-corrected chi connectivity index (χ4v) is 3.01. The minimum absolute atomic E-state index is 0.198. The van der Waals surface area contributed by atoms with Crippen molar-refractivity contribution in [3.63, 3.8) is 0 Å². The molecule has 0 unspecified atom stereocenters. The maximum atomic E-state index is 13.2. The molecule has 0 aliphatic heterocycles. The molecule has 2 heteroatoms. The van der Waals surface area contributed by atoms with E-state index < -0.39 is 0 Å². The van der Waals surface area contributed by atoms with Gasteiger partial charge in [0.1, 0.15) is 5.82 Å². The van der Waals surface area contributed by atoms with Crippen molar-refractivity contribution in [2.75, 3.05) is 0 Å². The van der Waals surface area contributed by atoms with Gasteiger partial charge >= 0.3 is 0 Å². The Kier molecular flexibility index (Phi) is 3.84. The third kappa shape index (κ3) is 2.57. The second kappa shape index (κ2) is 5.80. The Bertz CT molecular complexity index is 797. The lowest BCUT2D eigenvalue weighted by atomic mass is 10.0. The number of aromatic nitrogens is 1. The first-order valence-electron chi connectivity index (χ1n) is 7.64. The van der Waals surface area contributed by atoms with E-state index in [2.05, 4.69) is 55.8 Å². The molecule has 0 amide bonds. The highest BCUT2D eigenvalue weighted by Gasteiger charge is 2.14. The maximum Gasteiger partial charge on any atom is 0.123 e. The van der Waals surface area contributed by atoms with Crippen molar-refractivity contribution in [1.29, 1.82) is 0 Å². The van der Waals surface area contributed by atoms with Crippen molar-refractivity contribution >= 4 is 0 Å². The summed E-state index contributed by atoms with van der Waals surface area (Å²) in [5, 5.41) is 0. The Balaban J connectivity index is 2.16. The first kappa shape index (κ1) is 14.6. The normalized spacial score (nSPS) is 10.9. The van der Waals surface area contributed by atoms with E-state index >= 15 is 0 Å². The number of hydrogen-bond acceptors (Lipinski definition) is 0. The number of hydrogen-bond donors (Lipinski definition) is 0. The number of nitrogens with zero attached hydrogens (tertiary/aromatic N) is 1. The van der Waals surface area contributed by atoms with Crippen LogP contribution in [0.2, 0.25) is 0 Å². The standard InChI is InChI=1S/C20H20FN/c1-4-19-15(3)22(18-7-5-6-14(2)12-18)13-20(19)16-8-10-17(21)11-9-16/h5-13H,4H2,1-3H3. The third-order valence-electron chi connectivity index (χ3n) is 4.17. The minimum atomic E-state index is -0.198. The summed E-state index contributed by atoms with van der Waals surface area (Å²) in [5.41, 5.74) is 7.21. The Morgan fingerprint density at radius 3 is 2.36 bits per heavy atom. The summed E-state index contributed by atoms with van der Waals surface area (Å²) in [6.07, 6.45) is 3.12. The molecule has 0 aliphatic rings. The molecule has 0 saturated heterocycles. The van der Waals surface area contributed by atoms with Crippen molar-refractivity contribution in [3.8, 4) is 16.8 Å². The zero-order chi connectivity index (χ0) is 15.7. The van der Waals surface area contributed by atoms with Crippen LogP contribution >= 0.6 is 0 Å². The number of rotatable bonds is 3. The molecule has 0 saturated carbocycles. The molecule has 0 fully saturated rings. The van der Waals surface area contributed by atoms with E-state index in [4.69, 9.17) is 0 Å². The van der Waals surface area contributed by atoms with Gasteiger partial charge in [-0.3, -0.25) is 0 Å². The summed E-state index contributed by atoms with van der Waals surface area (Å²) >= 11 is 0. The van der Waals surface area contributed by atoms with E-state index in [-0.39, 0.29) is 5.82 Å². The van der Waals surface area contributed by atoms with Crippen LogP contribution in [0.3, 0.4) is 0 Å². The van der Waals surface area contributed by atoms with E-state index in [0.717, 1.165) is 12.0 Å². The third-order valence-corrected chi connectivity index (χ3v) is 4.17. The molecule has 22 heavy (non-hydrogen) atoms. The monoisotopic (exact) mass is 293 g/mol. The predicted molar refractivity (Wildman–Crippen MR) is 90.0 cm³/mol. The Labute approximate surface area is 131 Å². The highest BCUT2D eigenvalue weighted by Crippen LogP contribution is 2.30. The fraction of sp³-hybridized carbons (Fsp3) is 0.200. The molecule has 1 nitrogen and oxygen atoms in total. The second-order valence-corrected chi connectivity index (χ2v) is 5.68. The molecule has 2 aromatic carbocycles. The van der Waals surface area contributed by atoms with Crippen LogP contribution in [0, 0.1) is 19.7 Å². The van der Waals surface area contributed by atoms with Gasteiger partial charge in [-0.15, -0.1) is 0 Å². The smallest absolute Gasteiger partial charge is 0.123 e. The van der Waals surface area contributed by atoms with Crippen molar-refractivity contribution < 1.29 is 4.39 Å². The van der Waals surface area contributed by atoms with E-state index in [1.54, 1.807) is 0 Å². The lowest BCUT2D eigenvalue weighted by molar-refractivity contribution is 0.628. The minimum Gasteiger partial charge on any atom is -0.320 e. The van der Waals surface area contributed by atoms with Crippen molar-refractivity contribution in [2.24, 2.45) is 0 Å². The molecule has 0 spiro atoms. The van der Waals surface area contributed by atoms with Crippen LogP contribution in [0.25, 0.3) is 16.8 Å². The molecule has 0 radical (unpaired) electrons. The van der Waals surface area contributed by atoms with Crippen molar-refractivity contribution in [3.05, 3.63) is 77.4 Å². The zero-order valence-corrected chi connectivity index (χ0v) is 13.2. The van der Waals surface area contributed by atoms with Crippen LogP contribution in [0.15, 0.2) is 54.7 Å². The first-order valence-corrected chi connectivity index (χ1v) is 7.64. The maximum absolute atomic E-state index is 13.2. The highest BCUT2D eigenvalue weighted by atomic mass is 19.1. The van der Waals surface area contributed by atoms with Gasteiger partial charge in [-0.2, -0.15) is 0 Å². The largest absolute Gasteiger partial charge is 0.320 e. The van der Waals surface area contributed by atoms with Gasteiger partial charge in [0, 0.05) is 23.1 Å². The topological polar surface area (TPSA) is 4.93 Å². The van der Waals surface area contributed by atoms with Gasteiger partial charge < -0.3 is 4.57 Å². The summed E-state index contributed by atoms with van der Waals surface area (Å²) in [4.78, 5) is 0. The fourth-order valence-electron chi connectivity index (χ4n) is 3.01. The van der Waals surface area contributed by atoms with Crippen molar-refractivity contribution in [1.82, 2.24) is 4.57 Å². The molecule has 3 rings (SSSR count). The molecule has 0 aliphatic carbocycles. The summed E-state index contributed by atoms with van der Waals surface area (Å²) < 4.78 is 15.4. The summed E-state index contributed by atoms with van der Waals surface area (Å²) in [7, 11) is 0. The molecule has 0 atom stereocenters. The molecule has 3 aromatic rings. The second-order valence-electron chi connectivity index (χ2n) is 5.68. The zero-order valence-electron chi connectivity index (χ0n) is 13.2. The van der Waals surface area contributed by atoms with Gasteiger partial charge in [0.25, 0.3) is 0 Å². The van der Waals surface area contributed by atoms with Crippen LogP contribution < -0.4 is 0 Å². The van der Waals surface area contributed by atoms with Gasteiger partial charge in [0.05, 0.1) is 0 Å². The molecule has 0 N–H and O–H groups in total. The number of aryl methyl sites for hydroxylation is 1. The predicted octanol–water partition coefficient (Wildman–Crippen LogP) is 5.46. The lowest BCUT2D eigenvalue weighted by Gasteiger charge is -2.07. The van der Waals surface area contributed by atoms with E-state index in [9.17, 15) is 4.39 Å². The first-order chi connectivity index (χ1) is 10.6. The molecule has 112 valence electrons. The average molecular weight is 293 g/mol. The van der Waals surface area contributed by atoms with Crippen molar-refractivity contribution in [2.45, 2.75) is 27.2 Å². The summed E-state index contributed by atoms with van der Waals surface area (Å²) in [6, 6.07) is 15.2. The molecule has 1 aromatic heterocycles. The van der Waals surface area contributed by atoms with Crippen LogP contribution in [0.5, 0.6) is 0 Å². The molecule has 0 bridgehead atoms. The Morgan fingerprint density at radius 1 is 1.00 bits per heavy atom. The van der Waals surface area contributed by atoms with Gasteiger partial charge in [0.2, 0.25) is 0 Å². The Hall–Kier alpha value is -2.35. The van der Waals surface area contributed by atoms with Gasteiger partial charge in [-0.1, -0.05) is 31.2 Å². The van der Waals surface area contributed by atoms with Crippen LogP contribution in [-0.4, -0.2) is 4.57 Å². The summed E-state index contributed by atoms with van der Waals surface area (Å²) in [5.74, 6) is -0.198. The Morgan fingerprint density at radius 2 is 1.73 bits per heavy atom. The number of halogens is 1. The quantitative estimate of drug-likeness (QED) is 0.604. The van der Waals surface area contributed by atoms with E-state index in [0.29, 0.717) is 0 Å². The van der Waals surface area contributed by atoms with E-state index in [1.165, 1.54) is 40.2 Å². The SMILES string of the molecule is CCc1c(-c2ccc(F)cc2)cn(-c2cccc(C)c2)c1C. The van der Waals surface area contributed by atoms with E-state index in [1.807, 2.05) is 12.1 Å². The van der Waals surface area contributed by atoms with Gasteiger partial charge in [0.15, 0.2) is 0 Å². The van der Waals surface area contributed by atoms with Crippen LogP contribution in [0.1, 0.15) is 23.7 Å². The van der Waals surface area contributed by atoms with Gasteiger partial charge in [-0.05, 0) is 61.2 Å². The van der Waals surface area contributed by atoms with Gasteiger partial charge in [-0.25, -0.2) is 4.39 Å². The highest BCUT2D eigenvalue weighted by molar-refractivity contribution is 5.69. The molecular formula is C20H20FN.